The molecule has 8 nitrogen and oxygen atoms in total. The van der Waals surface area contributed by atoms with Gasteiger partial charge in [-0.05, 0) is 62.9 Å². The van der Waals surface area contributed by atoms with Gasteiger partial charge in [0.05, 0.1) is 11.1 Å². The highest BCUT2D eigenvalue weighted by atomic mass is 16.2. The molecule has 1 unspecified atom stereocenters. The summed E-state index contributed by atoms with van der Waals surface area (Å²) in [5.74, 6) is -1.28. The normalized spacial score (nSPS) is 23.9. The van der Waals surface area contributed by atoms with E-state index in [2.05, 4.69) is 22.9 Å². The SMILES string of the molecule is C[C@@H](NCc1ccc2c(c1)C(=O)N(C1CCC(=O)NC1=O)C2=O)C1CCNCC1. The van der Waals surface area contributed by atoms with Crippen molar-refractivity contribution in [3.63, 3.8) is 0 Å². The molecule has 8 heteroatoms. The molecule has 0 radical (unpaired) electrons. The molecule has 154 valence electrons. The first-order valence-electron chi connectivity index (χ1n) is 10.2. The number of hydrogen-bond acceptors (Lipinski definition) is 6. The van der Waals surface area contributed by atoms with Gasteiger partial charge in [-0.15, -0.1) is 0 Å². The van der Waals surface area contributed by atoms with E-state index in [4.69, 9.17) is 0 Å². The fourth-order valence-corrected chi connectivity index (χ4v) is 4.42. The van der Waals surface area contributed by atoms with Gasteiger partial charge in [0.1, 0.15) is 6.04 Å². The lowest BCUT2D eigenvalue weighted by atomic mass is 9.91. The first-order valence-corrected chi connectivity index (χ1v) is 10.2. The van der Waals surface area contributed by atoms with Crippen LogP contribution in [0.3, 0.4) is 0 Å². The summed E-state index contributed by atoms with van der Waals surface area (Å²) in [6.45, 7) is 4.88. The van der Waals surface area contributed by atoms with Crippen LogP contribution in [0.4, 0.5) is 0 Å². The van der Waals surface area contributed by atoms with E-state index in [-0.39, 0.29) is 18.7 Å². The topological polar surface area (TPSA) is 108 Å². The Hall–Kier alpha value is -2.58. The van der Waals surface area contributed by atoms with E-state index >= 15 is 0 Å². The fraction of sp³-hybridized carbons (Fsp3) is 0.524. The van der Waals surface area contributed by atoms with Crippen LogP contribution in [0, 0.1) is 5.92 Å². The Morgan fingerprint density at radius 3 is 2.52 bits per heavy atom. The standard InChI is InChI=1S/C21H26N4O4/c1-12(14-6-8-22-9-7-14)23-11-13-2-3-15-16(10-13)21(29)25(20(15)28)17-4-5-18(26)24-19(17)27/h2-3,10,12,14,17,22-23H,4-9,11H2,1H3,(H,24,26,27)/t12-,17?/m1/s1. The Morgan fingerprint density at radius 2 is 1.79 bits per heavy atom. The largest absolute Gasteiger partial charge is 0.317 e. The zero-order valence-corrected chi connectivity index (χ0v) is 16.5. The summed E-state index contributed by atoms with van der Waals surface area (Å²) in [6.07, 6.45) is 2.57. The Labute approximate surface area is 169 Å². The van der Waals surface area contributed by atoms with E-state index < -0.39 is 23.8 Å². The van der Waals surface area contributed by atoms with Gasteiger partial charge in [-0.3, -0.25) is 29.4 Å². The summed E-state index contributed by atoms with van der Waals surface area (Å²) in [6, 6.07) is 4.68. The Bertz CT molecular complexity index is 862. The molecule has 3 heterocycles. The number of piperidine rings is 2. The highest BCUT2D eigenvalue weighted by Crippen LogP contribution is 2.28. The molecule has 1 aromatic carbocycles. The Morgan fingerprint density at radius 1 is 1.07 bits per heavy atom. The van der Waals surface area contributed by atoms with Crippen molar-refractivity contribution < 1.29 is 19.2 Å². The average Bonchev–Trinajstić information content (AvgIpc) is 2.97. The summed E-state index contributed by atoms with van der Waals surface area (Å²) < 4.78 is 0. The third kappa shape index (κ3) is 3.82. The van der Waals surface area contributed by atoms with Crippen molar-refractivity contribution in [3.8, 4) is 0 Å². The molecule has 2 atom stereocenters. The number of fused-ring (bicyclic) bond motifs is 1. The monoisotopic (exact) mass is 398 g/mol. The number of imide groups is 2. The summed E-state index contributed by atoms with van der Waals surface area (Å²) in [4.78, 5) is 50.1. The van der Waals surface area contributed by atoms with Gasteiger partial charge in [-0.25, -0.2) is 0 Å². The maximum absolute atomic E-state index is 12.9. The molecule has 3 N–H and O–H groups in total. The second-order valence-corrected chi connectivity index (χ2v) is 8.08. The third-order valence-corrected chi connectivity index (χ3v) is 6.22. The van der Waals surface area contributed by atoms with Gasteiger partial charge in [0.2, 0.25) is 11.8 Å². The quantitative estimate of drug-likeness (QED) is 0.626. The number of nitrogens with zero attached hydrogens (tertiary/aromatic N) is 1. The van der Waals surface area contributed by atoms with Crippen molar-refractivity contribution in [1.29, 1.82) is 0 Å². The second kappa shape index (κ2) is 8.04. The van der Waals surface area contributed by atoms with Crippen LogP contribution < -0.4 is 16.0 Å². The first kappa shape index (κ1) is 19.7. The van der Waals surface area contributed by atoms with Crippen LogP contribution in [-0.4, -0.2) is 53.7 Å². The molecule has 4 amide bonds. The smallest absolute Gasteiger partial charge is 0.262 e. The van der Waals surface area contributed by atoms with Crippen LogP contribution >= 0.6 is 0 Å². The molecule has 4 rings (SSSR count). The van der Waals surface area contributed by atoms with Crippen molar-refractivity contribution >= 4 is 23.6 Å². The van der Waals surface area contributed by atoms with E-state index in [1.54, 1.807) is 12.1 Å². The fourth-order valence-electron chi connectivity index (χ4n) is 4.42. The van der Waals surface area contributed by atoms with Gasteiger partial charge in [0.15, 0.2) is 0 Å². The molecular formula is C21H26N4O4. The van der Waals surface area contributed by atoms with Gasteiger partial charge >= 0.3 is 0 Å². The summed E-state index contributed by atoms with van der Waals surface area (Å²) in [5.41, 5.74) is 1.57. The predicted molar refractivity (Wildman–Crippen MR) is 105 cm³/mol. The highest BCUT2D eigenvalue weighted by Gasteiger charge is 2.44. The third-order valence-electron chi connectivity index (χ3n) is 6.22. The predicted octanol–water partition coefficient (Wildman–Crippen LogP) is 0.566. The lowest BCUT2D eigenvalue weighted by Gasteiger charge is -2.29. The van der Waals surface area contributed by atoms with Gasteiger partial charge in [0.25, 0.3) is 11.8 Å². The van der Waals surface area contributed by atoms with Crippen molar-refractivity contribution in [2.24, 2.45) is 5.92 Å². The number of hydrogen-bond donors (Lipinski definition) is 3. The van der Waals surface area contributed by atoms with Crippen LogP contribution in [0.1, 0.15) is 58.9 Å². The number of carbonyl (C=O) groups is 4. The molecule has 0 saturated carbocycles. The van der Waals surface area contributed by atoms with Gasteiger partial charge in [-0.2, -0.15) is 0 Å². The highest BCUT2D eigenvalue weighted by molar-refractivity contribution is 6.23. The molecule has 1 aromatic rings. The van der Waals surface area contributed by atoms with Crippen molar-refractivity contribution in [1.82, 2.24) is 20.9 Å². The van der Waals surface area contributed by atoms with Gasteiger partial charge < -0.3 is 10.6 Å². The van der Waals surface area contributed by atoms with Crippen molar-refractivity contribution in [2.45, 2.75) is 51.2 Å². The van der Waals surface area contributed by atoms with Crippen molar-refractivity contribution in [3.05, 3.63) is 34.9 Å². The summed E-state index contributed by atoms with van der Waals surface area (Å²) >= 11 is 0. The van der Waals surface area contributed by atoms with E-state index in [0.29, 0.717) is 29.6 Å². The van der Waals surface area contributed by atoms with Crippen LogP contribution in [0.5, 0.6) is 0 Å². The van der Waals surface area contributed by atoms with Gasteiger partial charge in [-0.1, -0.05) is 6.07 Å². The minimum absolute atomic E-state index is 0.119. The molecule has 0 bridgehead atoms. The minimum Gasteiger partial charge on any atom is -0.317 e. The number of rotatable bonds is 5. The summed E-state index contributed by atoms with van der Waals surface area (Å²) in [7, 11) is 0. The number of nitrogens with one attached hydrogen (secondary N) is 3. The molecule has 2 fully saturated rings. The maximum atomic E-state index is 12.9. The number of carbonyl (C=O) groups excluding carboxylic acids is 4. The van der Waals surface area contributed by atoms with E-state index in [0.717, 1.165) is 36.4 Å². The number of amides is 4. The van der Waals surface area contributed by atoms with E-state index in [1.165, 1.54) is 0 Å². The van der Waals surface area contributed by atoms with Crippen molar-refractivity contribution in [2.75, 3.05) is 13.1 Å². The molecule has 0 aliphatic carbocycles. The van der Waals surface area contributed by atoms with Crippen LogP contribution in [0.25, 0.3) is 0 Å². The van der Waals surface area contributed by atoms with Crippen LogP contribution in [0.2, 0.25) is 0 Å². The van der Waals surface area contributed by atoms with E-state index in [1.807, 2.05) is 6.07 Å². The van der Waals surface area contributed by atoms with Gasteiger partial charge in [0, 0.05) is 19.0 Å². The summed E-state index contributed by atoms with van der Waals surface area (Å²) in [5, 5.41) is 9.11. The van der Waals surface area contributed by atoms with E-state index in [9.17, 15) is 19.2 Å². The Balaban J connectivity index is 1.45. The molecule has 0 spiro atoms. The molecule has 2 saturated heterocycles. The lowest BCUT2D eigenvalue weighted by Crippen LogP contribution is -2.54. The zero-order chi connectivity index (χ0) is 20.5. The number of benzene rings is 1. The minimum atomic E-state index is -0.929. The zero-order valence-electron chi connectivity index (χ0n) is 16.5. The lowest BCUT2D eigenvalue weighted by molar-refractivity contribution is -0.136. The second-order valence-electron chi connectivity index (χ2n) is 8.08. The molecular weight excluding hydrogens is 372 g/mol. The first-order chi connectivity index (χ1) is 14.0. The maximum Gasteiger partial charge on any atom is 0.262 e. The molecule has 3 aliphatic rings. The molecule has 3 aliphatic heterocycles. The van der Waals surface area contributed by atoms with Crippen LogP contribution in [-0.2, 0) is 16.1 Å². The molecule has 0 aromatic heterocycles. The Kier molecular flexibility index (Phi) is 5.47. The van der Waals surface area contributed by atoms with Crippen LogP contribution in [0.15, 0.2) is 18.2 Å². The average molecular weight is 398 g/mol. The molecule has 29 heavy (non-hydrogen) atoms.